The first-order valence-electron chi connectivity index (χ1n) is 3.91. The minimum atomic E-state index is -0.870. The number of carbonyl (C=O) groups is 2. The molecule has 0 rings (SSSR count). The summed E-state index contributed by atoms with van der Waals surface area (Å²) in [5.74, 6) is -0.942. The maximum atomic E-state index is 10.5. The van der Waals surface area contributed by atoms with Crippen molar-refractivity contribution in [2.45, 2.75) is 38.7 Å². The van der Waals surface area contributed by atoms with E-state index in [-0.39, 0.29) is 18.6 Å². The molecule has 0 saturated carbocycles. The Hall–Kier alpha value is -0.900. The Morgan fingerprint density at radius 2 is 2.00 bits per heavy atom. The van der Waals surface area contributed by atoms with Crippen LogP contribution in [0.1, 0.15) is 32.6 Å². The first-order valence-corrected chi connectivity index (χ1v) is 3.91. The topological polar surface area (TPSA) is 74.6 Å². The SMILES string of the molecule is CC(=O)CC(O)CCCC(=O)O. The van der Waals surface area contributed by atoms with Crippen LogP contribution in [-0.4, -0.2) is 28.1 Å². The van der Waals surface area contributed by atoms with E-state index in [9.17, 15) is 9.59 Å². The largest absolute Gasteiger partial charge is 0.481 e. The van der Waals surface area contributed by atoms with Gasteiger partial charge in [-0.25, -0.2) is 0 Å². The summed E-state index contributed by atoms with van der Waals surface area (Å²) in [4.78, 5) is 20.5. The molecule has 2 N–H and O–H groups in total. The van der Waals surface area contributed by atoms with Gasteiger partial charge in [-0.1, -0.05) is 0 Å². The quantitative estimate of drug-likeness (QED) is 0.617. The second-order valence-corrected chi connectivity index (χ2v) is 2.85. The standard InChI is InChI=1S/C8H14O4/c1-6(9)5-7(10)3-2-4-8(11)12/h7,10H,2-5H2,1H3,(H,11,12). The van der Waals surface area contributed by atoms with E-state index >= 15 is 0 Å². The summed E-state index contributed by atoms with van der Waals surface area (Å²) in [5.41, 5.74) is 0. The van der Waals surface area contributed by atoms with Crippen molar-refractivity contribution in [3.63, 3.8) is 0 Å². The smallest absolute Gasteiger partial charge is 0.303 e. The van der Waals surface area contributed by atoms with Crippen LogP contribution >= 0.6 is 0 Å². The van der Waals surface area contributed by atoms with Crippen LogP contribution in [0.3, 0.4) is 0 Å². The first kappa shape index (κ1) is 11.1. The third kappa shape index (κ3) is 7.21. The fourth-order valence-electron chi connectivity index (χ4n) is 0.923. The van der Waals surface area contributed by atoms with Crippen molar-refractivity contribution in [2.75, 3.05) is 0 Å². The molecule has 0 aliphatic heterocycles. The Morgan fingerprint density at radius 1 is 1.42 bits per heavy atom. The number of ketones is 1. The molecule has 0 aliphatic rings. The zero-order chi connectivity index (χ0) is 9.56. The van der Waals surface area contributed by atoms with Crippen LogP contribution in [0.5, 0.6) is 0 Å². The van der Waals surface area contributed by atoms with Crippen LogP contribution in [0.25, 0.3) is 0 Å². The summed E-state index contributed by atoms with van der Waals surface area (Å²) in [5, 5.41) is 17.4. The minimum Gasteiger partial charge on any atom is -0.481 e. The number of aliphatic hydroxyl groups excluding tert-OH is 1. The highest BCUT2D eigenvalue weighted by atomic mass is 16.4. The fourth-order valence-corrected chi connectivity index (χ4v) is 0.923. The van der Waals surface area contributed by atoms with Crippen molar-refractivity contribution in [1.29, 1.82) is 0 Å². The highest BCUT2D eigenvalue weighted by Gasteiger charge is 2.07. The molecule has 4 nitrogen and oxygen atoms in total. The van der Waals surface area contributed by atoms with Gasteiger partial charge in [0.1, 0.15) is 5.78 Å². The minimum absolute atomic E-state index is 0.0506. The molecule has 1 unspecified atom stereocenters. The van der Waals surface area contributed by atoms with Crippen LogP contribution < -0.4 is 0 Å². The van der Waals surface area contributed by atoms with Gasteiger partial charge in [-0.3, -0.25) is 9.59 Å². The van der Waals surface area contributed by atoms with Crippen LogP contribution in [0.15, 0.2) is 0 Å². The number of carboxylic acids is 1. The van der Waals surface area contributed by atoms with E-state index < -0.39 is 12.1 Å². The van der Waals surface area contributed by atoms with E-state index in [1.54, 1.807) is 0 Å². The number of hydrogen-bond acceptors (Lipinski definition) is 3. The first-order chi connectivity index (χ1) is 5.52. The fraction of sp³-hybridized carbons (Fsp3) is 0.750. The van der Waals surface area contributed by atoms with E-state index in [0.717, 1.165) is 0 Å². The molecule has 4 heteroatoms. The van der Waals surface area contributed by atoms with Gasteiger partial charge in [0.05, 0.1) is 6.10 Å². The summed E-state index contributed by atoms with van der Waals surface area (Å²) in [6, 6.07) is 0. The molecule has 12 heavy (non-hydrogen) atoms. The summed E-state index contributed by atoms with van der Waals surface area (Å²) in [6.07, 6.45) is 0.298. The van der Waals surface area contributed by atoms with E-state index in [2.05, 4.69) is 0 Å². The molecule has 0 saturated heterocycles. The number of carbonyl (C=O) groups excluding carboxylic acids is 1. The molecule has 0 aromatic carbocycles. The Kier molecular flexibility index (Phi) is 5.28. The molecule has 0 spiro atoms. The molecular weight excluding hydrogens is 160 g/mol. The lowest BCUT2D eigenvalue weighted by atomic mass is 10.1. The molecule has 0 amide bonds. The average molecular weight is 174 g/mol. The maximum absolute atomic E-state index is 10.5. The summed E-state index contributed by atoms with van der Waals surface area (Å²) < 4.78 is 0. The van der Waals surface area contributed by atoms with E-state index in [1.807, 2.05) is 0 Å². The molecule has 0 radical (unpaired) electrons. The molecule has 0 bridgehead atoms. The Bertz CT molecular complexity index is 164. The van der Waals surface area contributed by atoms with Crippen molar-refractivity contribution in [3.8, 4) is 0 Å². The van der Waals surface area contributed by atoms with Gasteiger partial charge in [0.15, 0.2) is 0 Å². The molecule has 0 fully saturated rings. The molecule has 1 atom stereocenters. The maximum Gasteiger partial charge on any atom is 0.303 e. The van der Waals surface area contributed by atoms with Crippen molar-refractivity contribution < 1.29 is 19.8 Å². The molecule has 0 heterocycles. The van der Waals surface area contributed by atoms with Crippen molar-refractivity contribution in [2.24, 2.45) is 0 Å². The predicted octanol–water partition coefficient (Wildman–Crippen LogP) is 0.581. The van der Waals surface area contributed by atoms with Crippen molar-refractivity contribution in [1.82, 2.24) is 0 Å². The third-order valence-corrected chi connectivity index (χ3v) is 1.45. The van der Waals surface area contributed by atoms with Gasteiger partial charge in [0.25, 0.3) is 0 Å². The van der Waals surface area contributed by atoms with Gasteiger partial charge in [0.2, 0.25) is 0 Å². The lowest BCUT2D eigenvalue weighted by molar-refractivity contribution is -0.137. The number of aliphatic hydroxyl groups is 1. The second kappa shape index (κ2) is 5.71. The van der Waals surface area contributed by atoms with Crippen LogP contribution in [0.4, 0.5) is 0 Å². The second-order valence-electron chi connectivity index (χ2n) is 2.85. The van der Waals surface area contributed by atoms with Gasteiger partial charge in [-0.15, -0.1) is 0 Å². The van der Waals surface area contributed by atoms with E-state index in [4.69, 9.17) is 10.2 Å². The third-order valence-electron chi connectivity index (χ3n) is 1.45. The van der Waals surface area contributed by atoms with Gasteiger partial charge in [-0.2, -0.15) is 0 Å². The Balaban J connectivity index is 3.37. The highest BCUT2D eigenvalue weighted by molar-refractivity contribution is 5.75. The zero-order valence-corrected chi connectivity index (χ0v) is 7.12. The van der Waals surface area contributed by atoms with Crippen LogP contribution in [-0.2, 0) is 9.59 Å². The van der Waals surface area contributed by atoms with Gasteiger partial charge >= 0.3 is 5.97 Å². The summed E-state index contributed by atoms with van der Waals surface area (Å²) >= 11 is 0. The molecular formula is C8H14O4. The molecule has 0 aliphatic carbocycles. The highest BCUT2D eigenvalue weighted by Crippen LogP contribution is 2.04. The van der Waals surface area contributed by atoms with Gasteiger partial charge in [-0.05, 0) is 19.8 Å². The Morgan fingerprint density at radius 3 is 2.42 bits per heavy atom. The van der Waals surface area contributed by atoms with Crippen LogP contribution in [0, 0.1) is 0 Å². The summed E-state index contributed by atoms with van der Waals surface area (Å²) in [7, 11) is 0. The lowest BCUT2D eigenvalue weighted by Crippen LogP contribution is -2.11. The van der Waals surface area contributed by atoms with Crippen LogP contribution in [0.2, 0.25) is 0 Å². The Labute approximate surface area is 71.2 Å². The number of Topliss-reactive ketones (excluding diaryl/α,β-unsaturated/α-hetero) is 1. The summed E-state index contributed by atoms with van der Waals surface area (Å²) in [6.45, 7) is 1.40. The molecule has 70 valence electrons. The number of rotatable bonds is 6. The molecule has 0 aromatic heterocycles. The predicted molar refractivity (Wildman–Crippen MR) is 42.8 cm³/mol. The number of hydrogen-bond donors (Lipinski definition) is 2. The monoisotopic (exact) mass is 174 g/mol. The van der Waals surface area contributed by atoms with E-state index in [1.165, 1.54) is 6.92 Å². The molecule has 0 aromatic rings. The normalized spacial score (nSPS) is 12.5. The van der Waals surface area contributed by atoms with Gasteiger partial charge < -0.3 is 10.2 Å². The average Bonchev–Trinajstić information content (AvgIpc) is 1.84. The lowest BCUT2D eigenvalue weighted by Gasteiger charge is -2.05. The van der Waals surface area contributed by atoms with Crippen molar-refractivity contribution >= 4 is 11.8 Å². The van der Waals surface area contributed by atoms with Gasteiger partial charge in [0, 0.05) is 12.8 Å². The number of carboxylic acid groups (broad SMARTS) is 1. The van der Waals surface area contributed by atoms with E-state index in [0.29, 0.717) is 12.8 Å². The number of aliphatic carboxylic acids is 1. The van der Waals surface area contributed by atoms with Crippen molar-refractivity contribution in [3.05, 3.63) is 0 Å². The zero-order valence-electron chi connectivity index (χ0n) is 7.12.